The van der Waals surface area contributed by atoms with E-state index in [9.17, 15) is 4.79 Å². The SMILES string of the molecule is CCOCCN1CCN(c2ccc(OC)cc2)CC1.Cc1nc2ccc(NC=O)cc2c(N)c1C. The minimum Gasteiger partial charge on any atom is -0.497 e. The Kier molecular flexibility index (Phi) is 9.69. The molecule has 0 radical (unpaired) electrons. The Morgan fingerprint density at radius 1 is 1.09 bits per heavy atom. The van der Waals surface area contributed by atoms with Crippen molar-refractivity contribution >= 4 is 34.4 Å². The molecule has 1 aromatic heterocycles. The van der Waals surface area contributed by atoms with Crippen LogP contribution in [0.15, 0.2) is 42.5 Å². The van der Waals surface area contributed by atoms with Crippen LogP contribution in [0.5, 0.6) is 5.75 Å². The largest absolute Gasteiger partial charge is 0.497 e. The third-order valence-electron chi connectivity index (χ3n) is 6.31. The fourth-order valence-corrected chi connectivity index (χ4v) is 4.03. The van der Waals surface area contributed by atoms with Crippen molar-refractivity contribution in [3.63, 3.8) is 0 Å². The lowest BCUT2D eigenvalue weighted by Crippen LogP contribution is -2.47. The number of hydrogen-bond donors (Lipinski definition) is 2. The topological polar surface area (TPSA) is 93.0 Å². The van der Waals surface area contributed by atoms with Crippen LogP contribution in [0.3, 0.4) is 0 Å². The first-order chi connectivity index (χ1) is 17.0. The van der Waals surface area contributed by atoms with Crippen LogP contribution in [0, 0.1) is 13.8 Å². The summed E-state index contributed by atoms with van der Waals surface area (Å²) in [5.41, 5.74) is 11.5. The van der Waals surface area contributed by atoms with Gasteiger partial charge in [0.1, 0.15) is 5.75 Å². The van der Waals surface area contributed by atoms with Crippen molar-refractivity contribution in [2.24, 2.45) is 0 Å². The molecule has 4 rings (SSSR count). The van der Waals surface area contributed by atoms with Crippen molar-refractivity contribution < 1.29 is 14.3 Å². The second kappa shape index (κ2) is 12.9. The molecule has 1 fully saturated rings. The summed E-state index contributed by atoms with van der Waals surface area (Å²) in [4.78, 5) is 19.7. The summed E-state index contributed by atoms with van der Waals surface area (Å²) < 4.78 is 10.6. The number of carbonyl (C=O) groups is 1. The van der Waals surface area contributed by atoms with Crippen molar-refractivity contribution in [2.45, 2.75) is 20.8 Å². The number of fused-ring (bicyclic) bond motifs is 1. The average Bonchev–Trinajstić information content (AvgIpc) is 2.89. The lowest BCUT2D eigenvalue weighted by Gasteiger charge is -2.36. The summed E-state index contributed by atoms with van der Waals surface area (Å²) in [5.74, 6) is 0.916. The predicted octanol–water partition coefficient (Wildman–Crippen LogP) is 3.86. The van der Waals surface area contributed by atoms with Gasteiger partial charge in [0.15, 0.2) is 0 Å². The van der Waals surface area contributed by atoms with E-state index in [0.717, 1.165) is 85.2 Å². The van der Waals surface area contributed by atoms with Gasteiger partial charge in [-0.05, 0) is 68.8 Å². The second-order valence-corrected chi connectivity index (χ2v) is 8.45. The normalized spacial score (nSPS) is 13.8. The molecule has 3 N–H and O–H groups in total. The lowest BCUT2D eigenvalue weighted by atomic mass is 10.1. The Morgan fingerprint density at radius 2 is 1.80 bits per heavy atom. The molecule has 0 atom stereocenters. The molecule has 0 unspecified atom stereocenters. The number of anilines is 3. The zero-order valence-corrected chi connectivity index (χ0v) is 21.2. The summed E-state index contributed by atoms with van der Waals surface area (Å²) in [5, 5.41) is 3.47. The van der Waals surface area contributed by atoms with Gasteiger partial charge < -0.3 is 25.4 Å². The Hall–Kier alpha value is -3.36. The van der Waals surface area contributed by atoms with Crippen molar-refractivity contribution in [3.8, 4) is 5.75 Å². The Balaban J connectivity index is 0.000000198. The summed E-state index contributed by atoms with van der Waals surface area (Å²) >= 11 is 0. The van der Waals surface area contributed by atoms with Crippen LogP contribution in [-0.4, -0.2) is 69.3 Å². The van der Waals surface area contributed by atoms with Gasteiger partial charge in [0.05, 0.1) is 19.2 Å². The van der Waals surface area contributed by atoms with Crippen molar-refractivity contribution in [1.82, 2.24) is 9.88 Å². The third-order valence-corrected chi connectivity index (χ3v) is 6.31. The van der Waals surface area contributed by atoms with Crippen LogP contribution in [0.25, 0.3) is 10.9 Å². The Morgan fingerprint density at radius 3 is 2.43 bits per heavy atom. The molecule has 0 spiro atoms. The van der Waals surface area contributed by atoms with E-state index in [1.165, 1.54) is 5.69 Å². The van der Waals surface area contributed by atoms with E-state index in [1.807, 2.05) is 45.0 Å². The lowest BCUT2D eigenvalue weighted by molar-refractivity contribution is -0.105. The van der Waals surface area contributed by atoms with Crippen molar-refractivity contribution in [3.05, 3.63) is 53.7 Å². The molecule has 35 heavy (non-hydrogen) atoms. The molecular formula is C27H37N5O3. The number of carbonyl (C=O) groups excluding carboxylic acids is 1. The van der Waals surface area contributed by atoms with Crippen molar-refractivity contribution in [1.29, 1.82) is 0 Å². The molecule has 1 aliphatic heterocycles. The third kappa shape index (κ3) is 7.07. The molecule has 3 aromatic rings. The number of amides is 1. The molecule has 2 aromatic carbocycles. The molecule has 188 valence electrons. The fraction of sp³-hybridized carbons (Fsp3) is 0.407. The first-order valence-corrected chi connectivity index (χ1v) is 12.0. The van der Waals surface area contributed by atoms with E-state index < -0.39 is 0 Å². The van der Waals surface area contributed by atoms with E-state index in [4.69, 9.17) is 15.2 Å². The van der Waals surface area contributed by atoms with Crippen molar-refractivity contribution in [2.75, 3.05) is 69.0 Å². The van der Waals surface area contributed by atoms with Crippen LogP contribution >= 0.6 is 0 Å². The van der Waals surface area contributed by atoms with Gasteiger partial charge in [0, 0.05) is 67.5 Å². The maximum absolute atomic E-state index is 10.4. The van der Waals surface area contributed by atoms with Gasteiger partial charge in [-0.25, -0.2) is 0 Å². The molecule has 2 heterocycles. The number of nitrogens with zero attached hydrogens (tertiary/aromatic N) is 3. The number of rotatable bonds is 8. The first kappa shape index (κ1) is 26.2. The van der Waals surface area contributed by atoms with Crippen LogP contribution < -0.4 is 20.7 Å². The van der Waals surface area contributed by atoms with Gasteiger partial charge in [-0.2, -0.15) is 0 Å². The van der Waals surface area contributed by atoms with Gasteiger partial charge in [0.25, 0.3) is 0 Å². The van der Waals surface area contributed by atoms with Gasteiger partial charge in [-0.1, -0.05) is 0 Å². The average molecular weight is 480 g/mol. The molecule has 0 bridgehead atoms. The highest BCUT2D eigenvalue weighted by Gasteiger charge is 2.16. The van der Waals surface area contributed by atoms with E-state index in [1.54, 1.807) is 13.2 Å². The minimum atomic E-state index is 0.645. The second-order valence-electron chi connectivity index (χ2n) is 8.45. The number of aryl methyl sites for hydroxylation is 1. The monoisotopic (exact) mass is 479 g/mol. The summed E-state index contributed by atoms with van der Waals surface area (Å²) in [6.45, 7) is 13.0. The van der Waals surface area contributed by atoms with Crippen LogP contribution in [-0.2, 0) is 9.53 Å². The fourth-order valence-electron chi connectivity index (χ4n) is 4.03. The molecular weight excluding hydrogens is 442 g/mol. The number of hydrogen-bond acceptors (Lipinski definition) is 7. The minimum absolute atomic E-state index is 0.645. The molecule has 0 aliphatic carbocycles. The number of ether oxygens (including phenoxy) is 2. The Bertz CT molecular complexity index is 1100. The van der Waals surface area contributed by atoms with E-state index in [-0.39, 0.29) is 0 Å². The smallest absolute Gasteiger partial charge is 0.211 e. The van der Waals surface area contributed by atoms with Crippen LogP contribution in [0.1, 0.15) is 18.2 Å². The maximum Gasteiger partial charge on any atom is 0.211 e. The van der Waals surface area contributed by atoms with E-state index >= 15 is 0 Å². The van der Waals surface area contributed by atoms with Crippen LogP contribution in [0.2, 0.25) is 0 Å². The number of methoxy groups -OCH3 is 1. The molecule has 8 nitrogen and oxygen atoms in total. The van der Waals surface area contributed by atoms with E-state index in [2.05, 4.69) is 32.2 Å². The number of pyridine rings is 1. The number of nitrogens with two attached hydrogens (primary N) is 1. The number of nitrogens with one attached hydrogen (secondary N) is 1. The summed E-state index contributed by atoms with van der Waals surface area (Å²) in [7, 11) is 1.70. The molecule has 8 heteroatoms. The van der Waals surface area contributed by atoms with E-state index in [0.29, 0.717) is 6.41 Å². The summed E-state index contributed by atoms with van der Waals surface area (Å²) in [6, 6.07) is 13.8. The first-order valence-electron chi connectivity index (χ1n) is 12.0. The summed E-state index contributed by atoms with van der Waals surface area (Å²) in [6.07, 6.45) is 0.645. The zero-order valence-electron chi connectivity index (χ0n) is 21.2. The van der Waals surface area contributed by atoms with Gasteiger partial charge >= 0.3 is 0 Å². The number of aromatic nitrogens is 1. The number of piperazine rings is 1. The zero-order chi connectivity index (χ0) is 25.2. The highest BCUT2D eigenvalue weighted by atomic mass is 16.5. The molecule has 1 aliphatic rings. The standard InChI is InChI=1S/C15H24N2O2.C12H13N3O/c1-3-19-13-12-16-8-10-17(11-9-16)14-4-6-15(18-2)7-5-14;1-7-8(2)15-11-4-3-9(14-6-16)5-10(11)12(7)13/h4-7H,3,8-13H2,1-2H3;3-6H,1-2H3,(H2,13,15)(H,14,16). The predicted molar refractivity (Wildman–Crippen MR) is 143 cm³/mol. The van der Waals surface area contributed by atoms with Gasteiger partial charge in [-0.3, -0.25) is 14.7 Å². The highest BCUT2D eigenvalue weighted by Crippen LogP contribution is 2.27. The molecule has 1 saturated heterocycles. The number of nitrogen functional groups attached to an aromatic ring is 1. The van der Waals surface area contributed by atoms with Crippen LogP contribution in [0.4, 0.5) is 17.1 Å². The quantitative estimate of drug-likeness (QED) is 0.374. The van der Waals surface area contributed by atoms with Gasteiger partial charge in [0.2, 0.25) is 6.41 Å². The Labute approximate surface area is 208 Å². The molecule has 0 saturated carbocycles. The number of benzene rings is 2. The maximum atomic E-state index is 10.4. The highest BCUT2D eigenvalue weighted by molar-refractivity contribution is 5.95. The van der Waals surface area contributed by atoms with Gasteiger partial charge in [-0.15, -0.1) is 0 Å². The molecule has 1 amide bonds.